The average molecular weight is 158 g/mol. The van der Waals surface area contributed by atoms with E-state index in [0.29, 0.717) is 6.42 Å². The molecule has 0 saturated carbocycles. The van der Waals surface area contributed by atoms with E-state index in [1.165, 1.54) is 11.3 Å². The van der Waals surface area contributed by atoms with Crippen molar-refractivity contribution in [3.63, 3.8) is 0 Å². The molecular formula is C6H10N2OS. The highest BCUT2D eigenvalue weighted by atomic mass is 32.1. The third-order valence-corrected chi connectivity index (χ3v) is 2.12. The molecule has 0 bridgehead atoms. The normalized spacial score (nSPS) is 13.4. The minimum absolute atomic E-state index is 0.0926. The molecule has 3 N–H and O–H groups in total. The molecule has 0 radical (unpaired) electrons. The van der Waals surface area contributed by atoms with Crippen molar-refractivity contribution in [1.82, 2.24) is 4.98 Å². The Labute approximate surface area is 63.5 Å². The maximum absolute atomic E-state index is 8.53. The molecule has 0 aliphatic heterocycles. The van der Waals surface area contributed by atoms with Gasteiger partial charge in [-0.1, -0.05) is 0 Å². The molecule has 1 heterocycles. The summed E-state index contributed by atoms with van der Waals surface area (Å²) >= 11 is 1.52. The molecule has 4 heteroatoms. The van der Waals surface area contributed by atoms with E-state index in [2.05, 4.69) is 4.98 Å². The zero-order valence-electron chi connectivity index (χ0n) is 5.53. The molecule has 0 aliphatic carbocycles. The number of thiazole rings is 1. The van der Waals surface area contributed by atoms with Gasteiger partial charge >= 0.3 is 0 Å². The summed E-state index contributed by atoms with van der Waals surface area (Å²) in [4.78, 5) is 4.02. The number of hydrogen-bond acceptors (Lipinski definition) is 4. The van der Waals surface area contributed by atoms with Gasteiger partial charge in [-0.2, -0.15) is 0 Å². The van der Waals surface area contributed by atoms with E-state index in [0.717, 1.165) is 5.01 Å². The average Bonchev–Trinajstić information content (AvgIpc) is 2.38. The lowest BCUT2D eigenvalue weighted by Crippen LogP contribution is -2.11. The van der Waals surface area contributed by atoms with Crippen LogP contribution < -0.4 is 5.73 Å². The second kappa shape index (κ2) is 3.65. The maximum atomic E-state index is 8.53. The number of rotatable bonds is 3. The topological polar surface area (TPSA) is 59.1 Å². The Bertz CT molecular complexity index is 176. The fourth-order valence-corrected chi connectivity index (χ4v) is 1.36. The third kappa shape index (κ3) is 1.76. The van der Waals surface area contributed by atoms with E-state index < -0.39 is 0 Å². The fraction of sp³-hybridized carbons (Fsp3) is 0.500. The van der Waals surface area contributed by atoms with E-state index in [1.807, 2.05) is 5.38 Å². The Kier molecular flexibility index (Phi) is 2.80. The smallest absolute Gasteiger partial charge is 0.109 e. The Balaban J connectivity index is 2.50. The van der Waals surface area contributed by atoms with Gasteiger partial charge in [0, 0.05) is 18.2 Å². The zero-order valence-corrected chi connectivity index (χ0v) is 6.34. The predicted molar refractivity (Wildman–Crippen MR) is 40.7 cm³/mol. The van der Waals surface area contributed by atoms with Gasteiger partial charge in [0.05, 0.1) is 6.04 Å². The van der Waals surface area contributed by atoms with Crippen LogP contribution in [0, 0.1) is 0 Å². The Hall–Kier alpha value is -0.450. The van der Waals surface area contributed by atoms with E-state index in [-0.39, 0.29) is 12.6 Å². The van der Waals surface area contributed by atoms with Gasteiger partial charge in [0.15, 0.2) is 0 Å². The Morgan fingerprint density at radius 2 is 2.60 bits per heavy atom. The van der Waals surface area contributed by atoms with Crippen LogP contribution in [-0.2, 0) is 0 Å². The SMILES string of the molecule is N[C@H](CCO)c1nccs1. The van der Waals surface area contributed by atoms with E-state index >= 15 is 0 Å². The lowest BCUT2D eigenvalue weighted by molar-refractivity contribution is 0.276. The molecule has 3 nitrogen and oxygen atoms in total. The van der Waals surface area contributed by atoms with Crippen molar-refractivity contribution < 1.29 is 5.11 Å². The molecule has 1 rings (SSSR count). The van der Waals surface area contributed by atoms with Gasteiger partial charge in [0.1, 0.15) is 5.01 Å². The summed E-state index contributed by atoms with van der Waals surface area (Å²) < 4.78 is 0. The van der Waals surface area contributed by atoms with Crippen molar-refractivity contribution in [2.24, 2.45) is 5.73 Å². The van der Waals surface area contributed by atoms with E-state index in [9.17, 15) is 0 Å². The lowest BCUT2D eigenvalue weighted by Gasteiger charge is -2.03. The second-order valence-electron chi connectivity index (χ2n) is 1.99. The summed E-state index contributed by atoms with van der Waals surface area (Å²) in [5.74, 6) is 0. The summed E-state index contributed by atoms with van der Waals surface area (Å²) in [6.45, 7) is 0.126. The molecule has 0 spiro atoms. The van der Waals surface area contributed by atoms with Crippen molar-refractivity contribution in [3.8, 4) is 0 Å². The number of aliphatic hydroxyl groups excluding tert-OH is 1. The minimum Gasteiger partial charge on any atom is -0.396 e. The first-order valence-corrected chi connectivity index (χ1v) is 3.98. The minimum atomic E-state index is -0.0926. The molecule has 0 unspecified atom stereocenters. The fourth-order valence-electron chi connectivity index (χ4n) is 0.680. The van der Waals surface area contributed by atoms with E-state index in [1.54, 1.807) is 6.20 Å². The largest absolute Gasteiger partial charge is 0.396 e. The predicted octanol–water partition coefficient (Wildman–Crippen LogP) is 0.525. The van der Waals surface area contributed by atoms with Gasteiger partial charge in [-0.3, -0.25) is 0 Å². The Morgan fingerprint density at radius 3 is 3.10 bits per heavy atom. The molecule has 0 fully saturated rings. The maximum Gasteiger partial charge on any atom is 0.109 e. The van der Waals surface area contributed by atoms with Crippen molar-refractivity contribution >= 4 is 11.3 Å². The number of hydrogen-bond donors (Lipinski definition) is 2. The van der Waals surface area contributed by atoms with Crippen LogP contribution in [-0.4, -0.2) is 16.7 Å². The summed E-state index contributed by atoms with van der Waals surface area (Å²) in [5, 5.41) is 11.3. The second-order valence-corrected chi connectivity index (χ2v) is 2.92. The van der Waals surface area contributed by atoms with Crippen molar-refractivity contribution in [2.75, 3.05) is 6.61 Å². The van der Waals surface area contributed by atoms with Gasteiger partial charge in [0.25, 0.3) is 0 Å². The first-order chi connectivity index (χ1) is 4.84. The lowest BCUT2D eigenvalue weighted by atomic mass is 10.2. The van der Waals surface area contributed by atoms with Crippen LogP contribution >= 0.6 is 11.3 Å². The van der Waals surface area contributed by atoms with Crippen LogP contribution in [0.4, 0.5) is 0 Å². The molecule has 0 amide bonds. The molecule has 10 heavy (non-hydrogen) atoms. The number of nitrogens with zero attached hydrogens (tertiary/aromatic N) is 1. The van der Waals surface area contributed by atoms with Crippen molar-refractivity contribution in [1.29, 1.82) is 0 Å². The molecule has 1 atom stereocenters. The molecule has 56 valence electrons. The summed E-state index contributed by atoms with van der Waals surface area (Å²) in [5.41, 5.74) is 5.64. The highest BCUT2D eigenvalue weighted by Crippen LogP contribution is 2.15. The summed E-state index contributed by atoms with van der Waals surface area (Å²) in [7, 11) is 0. The number of nitrogens with two attached hydrogens (primary N) is 1. The van der Waals surface area contributed by atoms with Crippen molar-refractivity contribution in [2.45, 2.75) is 12.5 Å². The molecule has 0 aromatic carbocycles. The van der Waals surface area contributed by atoms with Gasteiger partial charge in [-0.15, -0.1) is 11.3 Å². The van der Waals surface area contributed by atoms with Crippen molar-refractivity contribution in [3.05, 3.63) is 16.6 Å². The van der Waals surface area contributed by atoms with Crippen LogP contribution in [0.5, 0.6) is 0 Å². The van der Waals surface area contributed by atoms with Gasteiger partial charge in [0.2, 0.25) is 0 Å². The highest BCUT2D eigenvalue weighted by molar-refractivity contribution is 7.09. The zero-order chi connectivity index (χ0) is 7.40. The molecular weight excluding hydrogens is 148 g/mol. The quantitative estimate of drug-likeness (QED) is 0.674. The molecule has 1 aromatic rings. The van der Waals surface area contributed by atoms with Gasteiger partial charge in [-0.05, 0) is 6.42 Å². The first-order valence-electron chi connectivity index (χ1n) is 3.10. The van der Waals surface area contributed by atoms with Crippen LogP contribution in [0.15, 0.2) is 11.6 Å². The van der Waals surface area contributed by atoms with Crippen LogP contribution in [0.25, 0.3) is 0 Å². The molecule has 0 saturated heterocycles. The molecule has 0 aliphatic rings. The van der Waals surface area contributed by atoms with Gasteiger partial charge < -0.3 is 10.8 Å². The standard InChI is InChI=1S/C6H10N2OS/c7-5(1-3-9)6-8-2-4-10-6/h2,4-5,9H,1,3,7H2/t5-/m1/s1. The van der Waals surface area contributed by atoms with Crippen LogP contribution in [0.2, 0.25) is 0 Å². The number of aliphatic hydroxyl groups is 1. The van der Waals surface area contributed by atoms with E-state index in [4.69, 9.17) is 10.8 Å². The summed E-state index contributed by atoms with van der Waals surface area (Å²) in [6.07, 6.45) is 2.31. The van der Waals surface area contributed by atoms with Crippen LogP contribution in [0.3, 0.4) is 0 Å². The molecule has 1 aromatic heterocycles. The highest BCUT2D eigenvalue weighted by Gasteiger charge is 2.05. The first kappa shape index (κ1) is 7.65. The Morgan fingerprint density at radius 1 is 1.80 bits per heavy atom. The number of aromatic nitrogens is 1. The van der Waals surface area contributed by atoms with Gasteiger partial charge in [-0.25, -0.2) is 4.98 Å². The van der Waals surface area contributed by atoms with Crippen LogP contribution in [0.1, 0.15) is 17.5 Å². The summed E-state index contributed by atoms with van der Waals surface area (Å²) in [6, 6.07) is -0.0926. The third-order valence-electron chi connectivity index (χ3n) is 1.21. The monoisotopic (exact) mass is 158 g/mol.